The van der Waals surface area contributed by atoms with Gasteiger partial charge in [0.1, 0.15) is 22.6 Å². The van der Waals surface area contributed by atoms with Crippen molar-refractivity contribution in [3.63, 3.8) is 0 Å². The van der Waals surface area contributed by atoms with Gasteiger partial charge in [0.2, 0.25) is 10.0 Å². The molecule has 0 amide bonds. The Labute approximate surface area is 179 Å². The molecule has 0 bridgehead atoms. The Morgan fingerprint density at radius 2 is 1.65 bits per heavy atom. The van der Waals surface area contributed by atoms with Crippen LogP contribution in [0.4, 0.5) is 10.1 Å². The number of halogens is 1. The van der Waals surface area contributed by atoms with Gasteiger partial charge in [0.15, 0.2) is 0 Å². The predicted molar refractivity (Wildman–Crippen MR) is 115 cm³/mol. The number of anilines is 1. The summed E-state index contributed by atoms with van der Waals surface area (Å²) in [6, 6.07) is 17.4. The molecule has 0 saturated carbocycles. The Hall–Kier alpha value is -3.10. The molecule has 31 heavy (non-hydrogen) atoms. The minimum Gasteiger partial charge on any atom is -0.508 e. The fourth-order valence-electron chi connectivity index (χ4n) is 4.03. The van der Waals surface area contributed by atoms with Gasteiger partial charge < -0.3 is 15.3 Å². The summed E-state index contributed by atoms with van der Waals surface area (Å²) in [5, 5.41) is 29.6. The van der Waals surface area contributed by atoms with Crippen LogP contribution in [0.2, 0.25) is 0 Å². The number of para-hydroxylation sites is 1. The number of hydrogen-bond acceptors (Lipinski definition) is 5. The van der Waals surface area contributed by atoms with Gasteiger partial charge in [-0.3, -0.25) is 4.31 Å². The summed E-state index contributed by atoms with van der Waals surface area (Å²) in [6.07, 6.45) is -0.668. The molecule has 0 aliphatic carbocycles. The van der Waals surface area contributed by atoms with Gasteiger partial charge in [0.05, 0.1) is 17.8 Å². The van der Waals surface area contributed by atoms with Crippen LogP contribution in [0.1, 0.15) is 36.1 Å². The third kappa shape index (κ3) is 3.96. The van der Waals surface area contributed by atoms with Crippen molar-refractivity contribution >= 4 is 15.7 Å². The van der Waals surface area contributed by atoms with Crippen LogP contribution in [0.5, 0.6) is 11.5 Å². The Morgan fingerprint density at radius 1 is 0.968 bits per heavy atom. The maximum Gasteiger partial charge on any atom is 0.241 e. The van der Waals surface area contributed by atoms with Crippen molar-refractivity contribution in [2.75, 3.05) is 4.31 Å². The van der Waals surface area contributed by atoms with E-state index in [1.165, 1.54) is 46.8 Å². The summed E-state index contributed by atoms with van der Waals surface area (Å²) in [6.45, 7) is 0. The molecule has 1 heterocycles. The molecule has 0 aromatic heterocycles. The largest absolute Gasteiger partial charge is 0.508 e. The second-order valence-electron chi connectivity index (χ2n) is 7.55. The molecular weight excluding hydrogens is 421 g/mol. The average molecular weight is 443 g/mol. The maximum absolute atomic E-state index is 13.2. The Morgan fingerprint density at radius 3 is 2.29 bits per heavy atom. The zero-order valence-corrected chi connectivity index (χ0v) is 17.3. The Kier molecular flexibility index (Phi) is 5.60. The number of aliphatic hydroxyl groups is 1. The summed E-state index contributed by atoms with van der Waals surface area (Å²) in [7, 11) is -3.74. The predicted octanol–water partition coefficient (Wildman–Crippen LogP) is 4.01. The SMILES string of the molecule is O=S1(=O)[C@@H](CC[C@H](O)c2ccc(F)cc2)[C@@H](c2ccc(O)cc2O)N1c1ccccc1. The lowest BCUT2D eigenvalue weighted by Gasteiger charge is -2.48. The number of phenols is 2. The van der Waals surface area contributed by atoms with Crippen LogP contribution in [0, 0.1) is 5.82 Å². The summed E-state index contributed by atoms with van der Waals surface area (Å²) in [5.74, 6) is -0.748. The van der Waals surface area contributed by atoms with Crippen LogP contribution in [0.25, 0.3) is 0 Å². The molecule has 162 valence electrons. The van der Waals surface area contributed by atoms with Crippen LogP contribution >= 0.6 is 0 Å². The van der Waals surface area contributed by atoms with E-state index in [9.17, 15) is 28.1 Å². The van der Waals surface area contributed by atoms with Crippen molar-refractivity contribution < 1.29 is 28.1 Å². The van der Waals surface area contributed by atoms with Crippen molar-refractivity contribution in [2.45, 2.75) is 30.2 Å². The lowest BCUT2D eigenvalue weighted by molar-refractivity contribution is 0.162. The molecule has 3 N–H and O–H groups in total. The van der Waals surface area contributed by atoms with Crippen LogP contribution in [-0.4, -0.2) is 29.0 Å². The van der Waals surface area contributed by atoms with E-state index in [1.54, 1.807) is 30.3 Å². The van der Waals surface area contributed by atoms with E-state index >= 15 is 0 Å². The van der Waals surface area contributed by atoms with E-state index in [0.29, 0.717) is 16.8 Å². The van der Waals surface area contributed by atoms with Crippen LogP contribution < -0.4 is 4.31 Å². The number of benzene rings is 3. The molecule has 0 spiro atoms. The molecule has 4 rings (SSSR count). The summed E-state index contributed by atoms with van der Waals surface area (Å²) < 4.78 is 40.7. The lowest BCUT2D eigenvalue weighted by atomic mass is 9.95. The number of aliphatic hydroxyl groups excluding tert-OH is 1. The van der Waals surface area contributed by atoms with Crippen molar-refractivity contribution in [2.24, 2.45) is 0 Å². The number of rotatable bonds is 6. The zero-order valence-electron chi connectivity index (χ0n) is 16.5. The lowest BCUT2D eigenvalue weighted by Crippen LogP contribution is -2.58. The number of sulfonamides is 1. The number of phenolic OH excluding ortho intramolecular Hbond substituents is 2. The molecule has 3 aromatic rings. The van der Waals surface area contributed by atoms with Crippen molar-refractivity contribution in [1.29, 1.82) is 0 Å². The van der Waals surface area contributed by atoms with E-state index in [0.717, 1.165) is 0 Å². The van der Waals surface area contributed by atoms with Gasteiger partial charge in [-0.1, -0.05) is 30.3 Å². The molecule has 3 atom stereocenters. The van der Waals surface area contributed by atoms with Gasteiger partial charge in [-0.15, -0.1) is 0 Å². The van der Waals surface area contributed by atoms with E-state index < -0.39 is 33.2 Å². The smallest absolute Gasteiger partial charge is 0.241 e. The first-order valence-electron chi connectivity index (χ1n) is 9.83. The van der Waals surface area contributed by atoms with Gasteiger partial charge in [0.25, 0.3) is 0 Å². The number of hydrogen-bond donors (Lipinski definition) is 3. The van der Waals surface area contributed by atoms with Crippen LogP contribution in [0.3, 0.4) is 0 Å². The molecule has 1 aliphatic rings. The third-order valence-corrected chi connectivity index (χ3v) is 7.83. The Balaban J connectivity index is 1.64. The molecule has 0 unspecified atom stereocenters. The van der Waals surface area contributed by atoms with Crippen LogP contribution in [-0.2, 0) is 10.0 Å². The zero-order chi connectivity index (χ0) is 22.2. The van der Waals surface area contributed by atoms with Gasteiger partial charge in [-0.05, 0) is 54.8 Å². The molecule has 1 aliphatic heterocycles. The second-order valence-corrected chi connectivity index (χ2v) is 9.58. The summed E-state index contributed by atoms with van der Waals surface area (Å²) >= 11 is 0. The minimum atomic E-state index is -3.74. The van der Waals surface area contributed by atoms with Crippen LogP contribution in [0.15, 0.2) is 72.8 Å². The summed E-state index contributed by atoms with van der Waals surface area (Å²) in [5.41, 5.74) is 1.34. The van der Waals surface area contributed by atoms with Crippen molar-refractivity contribution in [1.82, 2.24) is 0 Å². The molecular formula is C23H22FNO5S. The molecule has 0 radical (unpaired) electrons. The van der Waals surface area contributed by atoms with Gasteiger partial charge >= 0.3 is 0 Å². The normalized spacial score (nSPS) is 20.8. The van der Waals surface area contributed by atoms with E-state index in [-0.39, 0.29) is 24.3 Å². The third-order valence-electron chi connectivity index (χ3n) is 5.58. The first-order chi connectivity index (χ1) is 14.8. The fourth-order valence-corrected chi connectivity index (χ4v) is 6.15. The standard InChI is InChI=1S/C23H22FNO5S/c24-16-8-6-15(7-9-16)20(27)12-13-22-23(19-11-10-18(26)14-21(19)28)25(31(22,29)30)17-4-2-1-3-5-17/h1-11,14,20,22-23,26-28H,12-13H2/t20-,22-,23+/m0/s1. The number of nitrogens with zero attached hydrogens (tertiary/aromatic N) is 1. The van der Waals surface area contributed by atoms with Crippen molar-refractivity contribution in [3.05, 3.63) is 89.7 Å². The molecule has 6 nitrogen and oxygen atoms in total. The van der Waals surface area contributed by atoms with Gasteiger partial charge in [-0.25, -0.2) is 12.8 Å². The maximum atomic E-state index is 13.2. The highest BCUT2D eigenvalue weighted by molar-refractivity contribution is 7.95. The van der Waals surface area contributed by atoms with Gasteiger partial charge in [-0.2, -0.15) is 0 Å². The summed E-state index contributed by atoms with van der Waals surface area (Å²) in [4.78, 5) is 0. The molecule has 1 saturated heterocycles. The first-order valence-corrected chi connectivity index (χ1v) is 11.3. The van der Waals surface area contributed by atoms with E-state index in [2.05, 4.69) is 0 Å². The quantitative estimate of drug-likeness (QED) is 0.535. The Bertz CT molecular complexity index is 1170. The highest BCUT2D eigenvalue weighted by atomic mass is 32.2. The fraction of sp³-hybridized carbons (Fsp3) is 0.217. The number of aromatic hydroxyl groups is 2. The van der Waals surface area contributed by atoms with E-state index in [1.807, 2.05) is 0 Å². The molecule has 1 fully saturated rings. The molecule has 3 aromatic carbocycles. The monoisotopic (exact) mass is 443 g/mol. The highest BCUT2D eigenvalue weighted by Crippen LogP contribution is 2.50. The van der Waals surface area contributed by atoms with Crippen molar-refractivity contribution in [3.8, 4) is 11.5 Å². The average Bonchev–Trinajstić information content (AvgIpc) is 2.74. The minimum absolute atomic E-state index is 0.127. The van der Waals surface area contributed by atoms with Gasteiger partial charge in [0, 0.05) is 11.6 Å². The highest BCUT2D eigenvalue weighted by Gasteiger charge is 2.54. The van der Waals surface area contributed by atoms with E-state index in [4.69, 9.17) is 0 Å². The molecule has 8 heteroatoms. The first kappa shape index (κ1) is 21.1. The topological polar surface area (TPSA) is 98.1 Å². The second kappa shape index (κ2) is 8.20.